The van der Waals surface area contributed by atoms with Crippen LogP contribution in [0.3, 0.4) is 0 Å². The van der Waals surface area contributed by atoms with Crippen LogP contribution in [-0.2, 0) is 16.4 Å². The highest BCUT2D eigenvalue weighted by molar-refractivity contribution is 6.61. The topological polar surface area (TPSA) is 78.7 Å². The van der Waals surface area contributed by atoms with Gasteiger partial charge in [-0.25, -0.2) is 4.79 Å². The molecule has 0 spiro atoms. The molecule has 0 saturated carbocycles. The SMILES string of the molecule is O=C(Cl)OOCc1ccccc1[N+](=O)[O-]. The van der Waals surface area contributed by atoms with Gasteiger partial charge in [-0.05, 0) is 6.07 Å². The highest BCUT2D eigenvalue weighted by Crippen LogP contribution is 2.18. The molecule has 0 unspecified atom stereocenters. The van der Waals surface area contributed by atoms with E-state index in [1.54, 1.807) is 6.07 Å². The van der Waals surface area contributed by atoms with Crippen LogP contribution in [0, 0.1) is 10.1 Å². The second-order valence-electron chi connectivity index (χ2n) is 2.47. The molecule has 6 nitrogen and oxygen atoms in total. The van der Waals surface area contributed by atoms with Crippen molar-refractivity contribution >= 4 is 22.7 Å². The number of carbonyl (C=O) groups excluding carboxylic acids is 1. The van der Waals surface area contributed by atoms with Crippen LogP contribution in [0.15, 0.2) is 24.3 Å². The van der Waals surface area contributed by atoms with Crippen LogP contribution in [-0.4, -0.2) is 10.4 Å². The summed E-state index contributed by atoms with van der Waals surface area (Å²) < 4.78 is 0. The number of hydrogen-bond donors (Lipinski definition) is 0. The first-order valence-corrected chi connectivity index (χ1v) is 4.20. The average Bonchev–Trinajstić information content (AvgIpc) is 2.17. The number of carbonyl (C=O) groups is 1. The molecule has 0 aliphatic heterocycles. The van der Waals surface area contributed by atoms with Crippen LogP contribution < -0.4 is 0 Å². The summed E-state index contributed by atoms with van der Waals surface area (Å²) in [5.41, 5.74) is -0.947. The smallest absolute Gasteiger partial charge is 0.280 e. The minimum absolute atomic E-state index is 0.108. The van der Waals surface area contributed by atoms with E-state index >= 15 is 0 Å². The van der Waals surface area contributed by atoms with E-state index in [1.807, 2.05) is 0 Å². The van der Waals surface area contributed by atoms with E-state index in [0.717, 1.165) is 0 Å². The van der Waals surface area contributed by atoms with Gasteiger partial charge in [-0.3, -0.25) is 15.0 Å². The molecule has 0 aliphatic carbocycles. The van der Waals surface area contributed by atoms with Crippen molar-refractivity contribution in [1.29, 1.82) is 0 Å². The molecule has 15 heavy (non-hydrogen) atoms. The molecule has 0 fully saturated rings. The van der Waals surface area contributed by atoms with Crippen molar-refractivity contribution in [2.75, 3.05) is 0 Å². The van der Waals surface area contributed by atoms with Crippen LogP contribution in [0.5, 0.6) is 0 Å². The first-order valence-electron chi connectivity index (χ1n) is 3.82. The number of para-hydroxylation sites is 1. The highest BCUT2D eigenvalue weighted by Gasteiger charge is 2.12. The summed E-state index contributed by atoms with van der Waals surface area (Å²) in [5.74, 6) is 0. The van der Waals surface area contributed by atoms with Crippen LogP contribution in [0.1, 0.15) is 5.56 Å². The summed E-state index contributed by atoms with van der Waals surface area (Å²) in [4.78, 5) is 28.5. The Morgan fingerprint density at radius 3 is 2.73 bits per heavy atom. The Morgan fingerprint density at radius 1 is 1.47 bits per heavy atom. The molecule has 0 saturated heterocycles. The molecule has 0 N–H and O–H groups in total. The maximum Gasteiger partial charge on any atom is 0.435 e. The van der Waals surface area contributed by atoms with Crippen molar-refractivity contribution in [3.8, 4) is 0 Å². The summed E-state index contributed by atoms with van der Waals surface area (Å²) in [6.07, 6.45) is 0. The van der Waals surface area contributed by atoms with Gasteiger partial charge >= 0.3 is 5.43 Å². The quantitative estimate of drug-likeness (QED) is 0.344. The second kappa shape index (κ2) is 5.28. The Labute approximate surface area is 89.4 Å². The zero-order chi connectivity index (χ0) is 11.3. The van der Waals surface area contributed by atoms with E-state index in [9.17, 15) is 14.9 Å². The lowest BCUT2D eigenvalue weighted by molar-refractivity contribution is -0.386. The van der Waals surface area contributed by atoms with Gasteiger partial charge in [0.15, 0.2) is 0 Å². The van der Waals surface area contributed by atoms with E-state index in [2.05, 4.69) is 9.78 Å². The summed E-state index contributed by atoms with van der Waals surface area (Å²) in [7, 11) is 0. The van der Waals surface area contributed by atoms with Crippen LogP contribution in [0.4, 0.5) is 10.5 Å². The fourth-order valence-electron chi connectivity index (χ4n) is 0.950. The normalized spacial score (nSPS) is 9.67. The number of benzene rings is 1. The molecule has 0 heterocycles. The van der Waals surface area contributed by atoms with Gasteiger partial charge in [-0.1, -0.05) is 12.1 Å². The highest BCUT2D eigenvalue weighted by atomic mass is 35.5. The molecule has 0 radical (unpaired) electrons. The molecule has 7 heteroatoms. The molecule has 0 bridgehead atoms. The molecule has 1 aromatic rings. The summed E-state index contributed by atoms with van der Waals surface area (Å²) in [5, 5.41) is 10.5. The fraction of sp³-hybridized carbons (Fsp3) is 0.125. The van der Waals surface area contributed by atoms with Gasteiger partial charge in [0.25, 0.3) is 5.69 Å². The molecule has 80 valence electrons. The minimum Gasteiger partial charge on any atom is -0.280 e. The predicted octanol–water partition coefficient (Wildman–Crippen LogP) is 2.40. The first kappa shape index (κ1) is 11.4. The van der Waals surface area contributed by atoms with Crippen molar-refractivity contribution in [2.45, 2.75) is 6.61 Å². The molecule has 0 aliphatic rings. The Balaban J connectivity index is 2.67. The molecule has 1 aromatic carbocycles. The number of nitro groups is 1. The van der Waals surface area contributed by atoms with Gasteiger partial charge in [0, 0.05) is 17.7 Å². The van der Waals surface area contributed by atoms with Crippen molar-refractivity contribution in [1.82, 2.24) is 0 Å². The Morgan fingerprint density at radius 2 is 2.13 bits per heavy atom. The number of halogens is 1. The van der Waals surface area contributed by atoms with Crippen molar-refractivity contribution < 1.29 is 19.5 Å². The number of nitro benzene ring substituents is 1. The Hall–Kier alpha value is -1.66. The molecular formula is C8H6ClNO5. The summed E-state index contributed by atoms with van der Waals surface area (Å²) >= 11 is 4.83. The van der Waals surface area contributed by atoms with E-state index in [0.29, 0.717) is 5.56 Å². The lowest BCUT2D eigenvalue weighted by Gasteiger charge is -2.01. The number of rotatable bonds is 4. The van der Waals surface area contributed by atoms with Crippen molar-refractivity contribution in [3.05, 3.63) is 39.9 Å². The maximum atomic E-state index is 10.5. The zero-order valence-corrected chi connectivity index (χ0v) is 8.14. The molecular weight excluding hydrogens is 226 g/mol. The maximum absolute atomic E-state index is 10.5. The minimum atomic E-state index is -1.13. The van der Waals surface area contributed by atoms with Gasteiger partial charge in [0.1, 0.15) is 6.61 Å². The molecule has 0 aromatic heterocycles. The lowest BCUT2D eigenvalue weighted by atomic mass is 10.2. The summed E-state index contributed by atoms with van der Waals surface area (Å²) in [6, 6.07) is 5.94. The van der Waals surface area contributed by atoms with E-state index < -0.39 is 10.4 Å². The van der Waals surface area contributed by atoms with Gasteiger partial charge in [-0.15, -0.1) is 0 Å². The van der Waals surface area contributed by atoms with E-state index in [1.165, 1.54) is 18.2 Å². The van der Waals surface area contributed by atoms with Gasteiger partial charge in [-0.2, -0.15) is 4.89 Å². The summed E-state index contributed by atoms with van der Waals surface area (Å²) in [6.45, 7) is -0.227. The van der Waals surface area contributed by atoms with Crippen LogP contribution in [0.25, 0.3) is 0 Å². The van der Waals surface area contributed by atoms with E-state index in [4.69, 9.17) is 11.6 Å². The lowest BCUT2D eigenvalue weighted by Crippen LogP contribution is -2.00. The third-order valence-electron chi connectivity index (χ3n) is 1.53. The number of hydrogen-bond acceptors (Lipinski definition) is 5. The number of nitrogens with zero attached hydrogens (tertiary/aromatic N) is 1. The van der Waals surface area contributed by atoms with Crippen LogP contribution >= 0.6 is 11.6 Å². The zero-order valence-electron chi connectivity index (χ0n) is 7.38. The largest absolute Gasteiger partial charge is 0.435 e. The Bertz CT molecular complexity index is 381. The third kappa shape index (κ3) is 3.53. The predicted molar refractivity (Wildman–Crippen MR) is 50.2 cm³/mol. The van der Waals surface area contributed by atoms with Crippen molar-refractivity contribution in [3.63, 3.8) is 0 Å². The van der Waals surface area contributed by atoms with Crippen LogP contribution in [0.2, 0.25) is 0 Å². The van der Waals surface area contributed by atoms with Gasteiger partial charge in [0.2, 0.25) is 0 Å². The van der Waals surface area contributed by atoms with E-state index in [-0.39, 0.29) is 12.3 Å². The fourth-order valence-corrected chi connectivity index (χ4v) is 0.995. The van der Waals surface area contributed by atoms with Gasteiger partial charge < -0.3 is 0 Å². The average molecular weight is 232 g/mol. The van der Waals surface area contributed by atoms with Crippen molar-refractivity contribution in [2.24, 2.45) is 0 Å². The Kier molecular flexibility index (Phi) is 4.02. The first-order chi connectivity index (χ1) is 7.11. The molecule has 0 amide bonds. The monoisotopic (exact) mass is 231 g/mol. The second-order valence-corrected chi connectivity index (χ2v) is 2.78. The molecule has 1 rings (SSSR count). The van der Waals surface area contributed by atoms with Gasteiger partial charge in [0.05, 0.1) is 10.5 Å². The molecule has 0 atom stereocenters. The third-order valence-corrected chi connectivity index (χ3v) is 1.59. The standard InChI is InChI=1S/C8H6ClNO5/c9-8(11)15-14-5-6-3-1-2-4-7(6)10(12)13/h1-4H,5H2.